The molecule has 0 amide bonds. The normalized spacial score (nSPS) is 17.0. The number of nitrogens with zero attached hydrogens (tertiary/aromatic N) is 3. The molecule has 1 unspecified atom stereocenters. The van der Waals surface area contributed by atoms with Crippen LogP contribution in [-0.4, -0.2) is 37.9 Å². The van der Waals surface area contributed by atoms with Crippen LogP contribution in [0.25, 0.3) is 0 Å². The van der Waals surface area contributed by atoms with Gasteiger partial charge in [-0.15, -0.1) is 11.7 Å². The van der Waals surface area contributed by atoms with Crippen molar-refractivity contribution in [1.82, 2.24) is 4.90 Å². The minimum absolute atomic E-state index is 0.316. The molecule has 0 spiro atoms. The van der Waals surface area contributed by atoms with Crippen LogP contribution >= 0.6 is 12.2 Å². The Morgan fingerprint density at radius 1 is 1.24 bits per heavy atom. The first-order valence-corrected chi connectivity index (χ1v) is 6.69. The van der Waals surface area contributed by atoms with Crippen LogP contribution in [0.5, 0.6) is 17.2 Å². The summed E-state index contributed by atoms with van der Waals surface area (Å²) < 4.78 is 16.0. The zero-order valence-electron chi connectivity index (χ0n) is 12.2. The molecular formula is C14H17N3O3S. The molecule has 1 aliphatic heterocycles. The molecule has 0 N–H and O–H groups in total. The van der Waals surface area contributed by atoms with E-state index in [0.717, 1.165) is 5.56 Å². The minimum Gasteiger partial charge on any atom is -0.493 e. The lowest BCUT2D eigenvalue weighted by atomic mass is 10.1. The van der Waals surface area contributed by atoms with E-state index in [9.17, 15) is 0 Å². The van der Waals surface area contributed by atoms with Gasteiger partial charge in [0.25, 0.3) is 0 Å². The van der Waals surface area contributed by atoms with Gasteiger partial charge in [0.2, 0.25) is 10.9 Å². The average molecular weight is 307 g/mol. The van der Waals surface area contributed by atoms with Crippen molar-refractivity contribution in [2.45, 2.75) is 6.17 Å². The fourth-order valence-corrected chi connectivity index (χ4v) is 2.36. The zero-order valence-corrected chi connectivity index (χ0v) is 13.0. The van der Waals surface area contributed by atoms with E-state index < -0.39 is 0 Å². The lowest BCUT2D eigenvalue weighted by Crippen LogP contribution is -2.27. The monoisotopic (exact) mass is 307 g/mol. The Morgan fingerprint density at radius 2 is 1.86 bits per heavy atom. The Morgan fingerprint density at radius 3 is 2.33 bits per heavy atom. The third-order valence-corrected chi connectivity index (χ3v) is 3.42. The summed E-state index contributed by atoms with van der Waals surface area (Å²) in [6.07, 6.45) is 1.44. The first kappa shape index (κ1) is 15.2. The first-order valence-electron chi connectivity index (χ1n) is 6.28. The molecule has 0 radical (unpaired) electrons. The molecule has 0 saturated carbocycles. The fraction of sp³-hybridized carbons (Fsp3) is 0.357. The van der Waals surface area contributed by atoms with E-state index in [4.69, 9.17) is 26.4 Å². The predicted octanol–water partition coefficient (Wildman–Crippen LogP) is 2.95. The Kier molecular flexibility index (Phi) is 4.74. The molecule has 0 saturated heterocycles. The van der Waals surface area contributed by atoms with E-state index in [1.54, 1.807) is 27.4 Å². The van der Waals surface area contributed by atoms with E-state index in [1.165, 1.54) is 0 Å². The van der Waals surface area contributed by atoms with Crippen molar-refractivity contribution in [3.8, 4) is 17.2 Å². The highest BCUT2D eigenvalue weighted by molar-refractivity contribution is 7.80. The topological polar surface area (TPSA) is 55.7 Å². The summed E-state index contributed by atoms with van der Waals surface area (Å²) in [4.78, 5) is 1.86. The summed E-state index contributed by atoms with van der Waals surface area (Å²) in [5.74, 6) is 1.67. The Balaban J connectivity index is 2.46. The van der Waals surface area contributed by atoms with Crippen molar-refractivity contribution >= 4 is 17.3 Å². The van der Waals surface area contributed by atoms with Crippen molar-refractivity contribution in [3.05, 3.63) is 30.4 Å². The quantitative estimate of drug-likeness (QED) is 0.597. The number of hydrogen-bond acceptors (Lipinski definition) is 5. The van der Waals surface area contributed by atoms with Gasteiger partial charge in [-0.3, -0.25) is 0 Å². The molecule has 21 heavy (non-hydrogen) atoms. The number of benzene rings is 1. The summed E-state index contributed by atoms with van der Waals surface area (Å²) in [6.45, 7) is 4.29. The van der Waals surface area contributed by atoms with Crippen LogP contribution in [-0.2, 0) is 0 Å². The molecule has 1 aliphatic rings. The first-order chi connectivity index (χ1) is 10.2. The Bertz CT molecular complexity index is 564. The van der Waals surface area contributed by atoms with E-state index in [1.807, 2.05) is 17.0 Å². The number of methoxy groups -OCH3 is 3. The molecule has 112 valence electrons. The van der Waals surface area contributed by atoms with Gasteiger partial charge in [0.15, 0.2) is 17.7 Å². The molecule has 1 aromatic carbocycles. The van der Waals surface area contributed by atoms with E-state index in [0.29, 0.717) is 28.9 Å². The SMILES string of the molecule is C=CCN1C(=S)N=NC1c1cc(OC)c(OC)c(OC)c1. The van der Waals surface area contributed by atoms with Crippen LogP contribution in [0.2, 0.25) is 0 Å². The van der Waals surface area contributed by atoms with Crippen LogP contribution in [0.15, 0.2) is 35.0 Å². The summed E-state index contributed by atoms with van der Waals surface area (Å²) in [6, 6.07) is 3.68. The van der Waals surface area contributed by atoms with Crippen LogP contribution in [0.1, 0.15) is 11.7 Å². The molecule has 0 bridgehead atoms. The van der Waals surface area contributed by atoms with Gasteiger partial charge < -0.3 is 19.1 Å². The number of thiocarbonyl (C=S) groups is 1. The van der Waals surface area contributed by atoms with Crippen LogP contribution in [0, 0.1) is 0 Å². The lowest BCUT2D eigenvalue weighted by Gasteiger charge is -2.23. The molecule has 1 atom stereocenters. The van der Waals surface area contributed by atoms with Gasteiger partial charge in [0.05, 0.1) is 21.3 Å². The molecule has 1 aromatic rings. The van der Waals surface area contributed by atoms with E-state index >= 15 is 0 Å². The van der Waals surface area contributed by atoms with Gasteiger partial charge >= 0.3 is 0 Å². The standard InChI is InChI=1S/C14H17N3O3S/c1-5-6-17-13(15-16-14(17)21)9-7-10(18-2)12(20-4)11(8-9)19-3/h5,7-8,13H,1,6H2,2-4H3. The van der Waals surface area contributed by atoms with Gasteiger partial charge in [0, 0.05) is 12.1 Å². The van der Waals surface area contributed by atoms with Crippen LogP contribution < -0.4 is 14.2 Å². The van der Waals surface area contributed by atoms with Crippen LogP contribution in [0.3, 0.4) is 0 Å². The Labute approximate surface area is 129 Å². The molecule has 1 heterocycles. The molecule has 2 rings (SSSR count). The third kappa shape index (κ3) is 2.82. The van der Waals surface area contributed by atoms with Crippen molar-refractivity contribution in [3.63, 3.8) is 0 Å². The smallest absolute Gasteiger partial charge is 0.218 e. The Hall–Kier alpha value is -2.15. The number of rotatable bonds is 6. The predicted molar refractivity (Wildman–Crippen MR) is 83.2 cm³/mol. The molecule has 0 aliphatic carbocycles. The second-order valence-electron chi connectivity index (χ2n) is 4.27. The highest BCUT2D eigenvalue weighted by atomic mass is 32.1. The minimum atomic E-state index is -0.316. The van der Waals surface area contributed by atoms with E-state index in [2.05, 4.69) is 16.8 Å². The maximum absolute atomic E-state index is 5.35. The third-order valence-electron chi connectivity index (χ3n) is 3.10. The average Bonchev–Trinajstić information content (AvgIpc) is 2.87. The maximum atomic E-state index is 5.35. The molecule has 6 nitrogen and oxygen atoms in total. The number of ether oxygens (including phenoxy) is 3. The summed E-state index contributed by atoms with van der Waals surface area (Å²) >= 11 is 5.18. The number of hydrogen-bond donors (Lipinski definition) is 0. The van der Waals surface area contributed by atoms with Crippen molar-refractivity contribution in [1.29, 1.82) is 0 Å². The highest BCUT2D eigenvalue weighted by Gasteiger charge is 2.29. The second-order valence-corrected chi connectivity index (χ2v) is 4.64. The fourth-order valence-electron chi connectivity index (χ4n) is 2.14. The van der Waals surface area contributed by atoms with E-state index in [-0.39, 0.29) is 6.17 Å². The van der Waals surface area contributed by atoms with Crippen molar-refractivity contribution < 1.29 is 14.2 Å². The van der Waals surface area contributed by atoms with Crippen molar-refractivity contribution in [2.75, 3.05) is 27.9 Å². The molecule has 0 fully saturated rings. The zero-order chi connectivity index (χ0) is 15.4. The lowest BCUT2D eigenvalue weighted by molar-refractivity contribution is 0.320. The molecule has 7 heteroatoms. The highest BCUT2D eigenvalue weighted by Crippen LogP contribution is 2.41. The van der Waals surface area contributed by atoms with Crippen LogP contribution in [0.4, 0.5) is 0 Å². The summed E-state index contributed by atoms with van der Waals surface area (Å²) in [7, 11) is 4.71. The summed E-state index contributed by atoms with van der Waals surface area (Å²) in [5, 5.41) is 8.61. The van der Waals surface area contributed by atoms with Gasteiger partial charge in [-0.05, 0) is 24.4 Å². The van der Waals surface area contributed by atoms with Gasteiger partial charge in [-0.2, -0.15) is 5.11 Å². The number of azo groups is 1. The van der Waals surface area contributed by atoms with Gasteiger partial charge in [-0.1, -0.05) is 6.08 Å². The van der Waals surface area contributed by atoms with Gasteiger partial charge in [0.1, 0.15) is 0 Å². The second kappa shape index (κ2) is 6.53. The van der Waals surface area contributed by atoms with Crippen molar-refractivity contribution in [2.24, 2.45) is 10.2 Å². The molecular weight excluding hydrogens is 290 g/mol. The van der Waals surface area contributed by atoms with Gasteiger partial charge in [-0.25, -0.2) is 0 Å². The maximum Gasteiger partial charge on any atom is 0.218 e. The molecule has 0 aromatic heterocycles. The summed E-state index contributed by atoms with van der Waals surface area (Å²) in [5.41, 5.74) is 0.856. The largest absolute Gasteiger partial charge is 0.493 e.